The highest BCUT2D eigenvalue weighted by Gasteiger charge is 2.25. The molecule has 23 heavy (non-hydrogen) atoms. The molecule has 0 bridgehead atoms. The first-order valence-electron chi connectivity index (χ1n) is 7.51. The van der Waals surface area contributed by atoms with Gasteiger partial charge in [0.25, 0.3) is 0 Å². The normalized spacial score (nSPS) is 18.6. The van der Waals surface area contributed by atoms with Gasteiger partial charge in [0.1, 0.15) is 0 Å². The lowest BCUT2D eigenvalue weighted by molar-refractivity contribution is 0.155. The van der Waals surface area contributed by atoms with Gasteiger partial charge in [0.05, 0.1) is 0 Å². The first-order valence-corrected chi connectivity index (χ1v) is 8.76. The zero-order valence-electron chi connectivity index (χ0n) is 13.0. The Bertz CT molecular complexity index is 701. The van der Waals surface area contributed by atoms with Gasteiger partial charge in [0.15, 0.2) is 0 Å². The number of aryl methyl sites for hydroxylation is 1. The largest absolute Gasteiger partial charge is 0.314 e. The van der Waals surface area contributed by atoms with E-state index in [4.69, 9.17) is 11.6 Å². The smallest absolute Gasteiger partial charge is 0.307 e. The fourth-order valence-corrected chi connectivity index (χ4v) is 3.99. The second-order valence-electron chi connectivity index (χ2n) is 5.57. The van der Waals surface area contributed by atoms with Crippen LogP contribution in [0.2, 0.25) is 5.02 Å². The minimum atomic E-state index is 0. The van der Waals surface area contributed by atoms with Gasteiger partial charge in [-0.1, -0.05) is 41.1 Å². The number of nitrogens with one attached hydrogen (secondary N) is 1. The van der Waals surface area contributed by atoms with Crippen LogP contribution < -0.4 is 10.2 Å². The number of hydrogen-bond donors (Lipinski definition) is 1. The summed E-state index contributed by atoms with van der Waals surface area (Å²) in [7, 11) is 0. The van der Waals surface area contributed by atoms with Crippen LogP contribution >= 0.6 is 35.3 Å². The molecule has 1 aliphatic heterocycles. The van der Waals surface area contributed by atoms with Crippen molar-refractivity contribution in [3.05, 3.63) is 55.6 Å². The van der Waals surface area contributed by atoms with Crippen LogP contribution in [0.3, 0.4) is 0 Å². The molecule has 1 aliphatic rings. The van der Waals surface area contributed by atoms with Gasteiger partial charge in [-0.25, -0.2) is 0 Å². The lowest BCUT2D eigenvalue weighted by Crippen LogP contribution is -2.47. The maximum absolute atomic E-state index is 11.8. The Labute approximate surface area is 151 Å². The molecule has 1 atom stereocenters. The summed E-state index contributed by atoms with van der Waals surface area (Å²) in [5.41, 5.74) is 2.20. The molecule has 1 unspecified atom stereocenters. The SMILES string of the molecule is Cc1csc(=O)n1CCN1CCNCC1c1ccccc1Cl.Cl. The summed E-state index contributed by atoms with van der Waals surface area (Å²) in [6, 6.07) is 8.28. The average Bonchev–Trinajstić information content (AvgIpc) is 2.85. The van der Waals surface area contributed by atoms with Crippen LogP contribution in [0, 0.1) is 6.92 Å². The maximum atomic E-state index is 11.8. The lowest BCUT2D eigenvalue weighted by Gasteiger charge is -2.37. The van der Waals surface area contributed by atoms with E-state index in [0.29, 0.717) is 0 Å². The summed E-state index contributed by atoms with van der Waals surface area (Å²) in [5, 5.41) is 6.17. The Hall–Kier alpha value is -0.850. The van der Waals surface area contributed by atoms with E-state index in [1.165, 1.54) is 11.3 Å². The summed E-state index contributed by atoms with van der Waals surface area (Å²) in [5.74, 6) is 0. The van der Waals surface area contributed by atoms with Crippen LogP contribution in [0.15, 0.2) is 34.4 Å². The van der Waals surface area contributed by atoms with E-state index in [2.05, 4.69) is 16.3 Å². The summed E-state index contributed by atoms with van der Waals surface area (Å²) in [6.45, 7) is 6.40. The predicted molar refractivity (Wildman–Crippen MR) is 99.2 cm³/mol. The van der Waals surface area contributed by atoms with Crippen molar-refractivity contribution >= 4 is 35.3 Å². The third-order valence-electron chi connectivity index (χ3n) is 4.21. The summed E-state index contributed by atoms with van der Waals surface area (Å²) >= 11 is 7.64. The molecular formula is C16H21Cl2N3OS. The van der Waals surface area contributed by atoms with Crippen molar-refractivity contribution < 1.29 is 0 Å². The van der Waals surface area contributed by atoms with E-state index in [9.17, 15) is 4.79 Å². The van der Waals surface area contributed by atoms with Crippen LogP contribution in [0.5, 0.6) is 0 Å². The van der Waals surface area contributed by atoms with Gasteiger partial charge in [0, 0.05) is 54.9 Å². The highest BCUT2D eigenvalue weighted by Crippen LogP contribution is 2.28. The second kappa shape index (κ2) is 8.31. The Kier molecular flexibility index (Phi) is 6.68. The molecule has 0 saturated carbocycles. The highest BCUT2D eigenvalue weighted by molar-refractivity contribution is 7.07. The number of benzene rings is 1. The van der Waals surface area contributed by atoms with E-state index in [-0.39, 0.29) is 23.3 Å². The minimum absolute atomic E-state index is 0. The van der Waals surface area contributed by atoms with Crippen molar-refractivity contribution in [2.45, 2.75) is 19.5 Å². The molecule has 7 heteroatoms. The van der Waals surface area contributed by atoms with Gasteiger partial charge in [-0.3, -0.25) is 9.69 Å². The molecule has 2 heterocycles. The van der Waals surface area contributed by atoms with Crippen molar-refractivity contribution in [2.75, 3.05) is 26.2 Å². The first-order chi connectivity index (χ1) is 10.7. The molecule has 0 spiro atoms. The maximum Gasteiger partial charge on any atom is 0.307 e. The third-order valence-corrected chi connectivity index (χ3v) is 5.43. The minimum Gasteiger partial charge on any atom is -0.314 e. The molecule has 0 aliphatic carbocycles. The number of halogens is 2. The standard InChI is InChI=1S/C16H20ClN3OS.ClH/c1-12-11-22-16(21)20(12)9-8-19-7-6-18-10-15(19)13-4-2-3-5-14(13)17;/h2-5,11,15,18H,6-10H2,1H3;1H. The van der Waals surface area contributed by atoms with Crippen LogP contribution in [0.1, 0.15) is 17.3 Å². The van der Waals surface area contributed by atoms with E-state index in [1.807, 2.05) is 35.1 Å². The fourth-order valence-electron chi connectivity index (χ4n) is 2.97. The second-order valence-corrected chi connectivity index (χ2v) is 6.80. The van der Waals surface area contributed by atoms with Gasteiger partial charge >= 0.3 is 4.87 Å². The Morgan fingerprint density at radius 3 is 2.83 bits per heavy atom. The molecule has 3 rings (SSSR count). The van der Waals surface area contributed by atoms with Gasteiger partial charge in [0.2, 0.25) is 0 Å². The molecule has 0 amide bonds. The molecule has 2 aromatic rings. The highest BCUT2D eigenvalue weighted by atomic mass is 35.5. The topological polar surface area (TPSA) is 37.3 Å². The van der Waals surface area contributed by atoms with Crippen LogP contribution in [-0.4, -0.2) is 35.6 Å². The summed E-state index contributed by atoms with van der Waals surface area (Å²) in [6.07, 6.45) is 0. The van der Waals surface area contributed by atoms with Crippen molar-refractivity contribution in [3.8, 4) is 0 Å². The number of hydrogen-bond acceptors (Lipinski definition) is 4. The van der Waals surface area contributed by atoms with Gasteiger partial charge in [-0.15, -0.1) is 12.4 Å². The van der Waals surface area contributed by atoms with E-state index in [0.717, 1.165) is 49.0 Å². The monoisotopic (exact) mass is 373 g/mol. The number of nitrogens with zero attached hydrogens (tertiary/aromatic N) is 2. The van der Waals surface area contributed by atoms with Gasteiger partial charge in [-0.05, 0) is 18.6 Å². The molecule has 1 N–H and O–H groups in total. The van der Waals surface area contributed by atoms with Gasteiger partial charge in [-0.2, -0.15) is 0 Å². The van der Waals surface area contributed by atoms with Crippen molar-refractivity contribution in [3.63, 3.8) is 0 Å². The molecule has 1 aromatic heterocycles. The number of rotatable bonds is 4. The number of aromatic nitrogens is 1. The molecule has 1 saturated heterocycles. The van der Waals surface area contributed by atoms with E-state index in [1.54, 1.807) is 0 Å². The van der Waals surface area contributed by atoms with Crippen molar-refractivity contribution in [2.24, 2.45) is 0 Å². The molecule has 1 fully saturated rings. The predicted octanol–water partition coefficient (Wildman–Crippen LogP) is 2.94. The van der Waals surface area contributed by atoms with Crippen LogP contribution in [-0.2, 0) is 6.54 Å². The average molecular weight is 374 g/mol. The molecular weight excluding hydrogens is 353 g/mol. The molecule has 1 aromatic carbocycles. The zero-order valence-corrected chi connectivity index (χ0v) is 15.4. The number of piperazine rings is 1. The van der Waals surface area contributed by atoms with Crippen LogP contribution in [0.4, 0.5) is 0 Å². The Morgan fingerprint density at radius 2 is 2.13 bits per heavy atom. The zero-order chi connectivity index (χ0) is 15.5. The molecule has 126 valence electrons. The van der Waals surface area contributed by atoms with Crippen molar-refractivity contribution in [1.29, 1.82) is 0 Å². The first kappa shape index (κ1) is 18.5. The van der Waals surface area contributed by atoms with E-state index >= 15 is 0 Å². The lowest BCUT2D eigenvalue weighted by atomic mass is 10.0. The Morgan fingerprint density at radius 1 is 1.35 bits per heavy atom. The third kappa shape index (κ3) is 4.17. The molecule has 0 radical (unpaired) electrons. The van der Waals surface area contributed by atoms with Crippen molar-refractivity contribution in [1.82, 2.24) is 14.8 Å². The molecule has 4 nitrogen and oxygen atoms in total. The fraction of sp³-hybridized carbons (Fsp3) is 0.438. The van der Waals surface area contributed by atoms with E-state index < -0.39 is 0 Å². The number of thiazole rings is 1. The van der Waals surface area contributed by atoms with Crippen LogP contribution in [0.25, 0.3) is 0 Å². The van der Waals surface area contributed by atoms with Gasteiger partial charge < -0.3 is 9.88 Å². The Balaban J connectivity index is 0.00000192. The summed E-state index contributed by atoms with van der Waals surface area (Å²) < 4.78 is 1.86. The summed E-state index contributed by atoms with van der Waals surface area (Å²) in [4.78, 5) is 14.4. The quantitative estimate of drug-likeness (QED) is 0.894.